The van der Waals surface area contributed by atoms with Gasteiger partial charge in [-0.05, 0) is 51.5 Å². The van der Waals surface area contributed by atoms with E-state index in [1.165, 1.54) is 23.5 Å². The van der Waals surface area contributed by atoms with Gasteiger partial charge in [0.05, 0.1) is 27.7 Å². The number of nitro benzene ring substituents is 1. The van der Waals surface area contributed by atoms with Crippen LogP contribution in [0.3, 0.4) is 0 Å². The summed E-state index contributed by atoms with van der Waals surface area (Å²) in [6, 6.07) is 9.14. The molecule has 1 heterocycles. The first kappa shape index (κ1) is 21.7. The van der Waals surface area contributed by atoms with Gasteiger partial charge in [0, 0.05) is 10.9 Å². The third-order valence-corrected chi connectivity index (χ3v) is 7.04. The normalized spacial score (nSPS) is 11.3. The topological polar surface area (TPSA) is 114 Å². The van der Waals surface area contributed by atoms with Gasteiger partial charge in [0.25, 0.3) is 15.7 Å². The molecule has 2 N–H and O–H groups in total. The maximum Gasteiger partial charge on any atom is 0.293 e. The summed E-state index contributed by atoms with van der Waals surface area (Å²) in [6.07, 6.45) is 0. The van der Waals surface area contributed by atoms with Crippen LogP contribution in [0.5, 0.6) is 0 Å². The van der Waals surface area contributed by atoms with Gasteiger partial charge < -0.3 is 5.32 Å². The molecule has 2 aromatic carbocycles. The number of thiazole rings is 1. The Hall–Kier alpha value is -2.98. The highest BCUT2D eigenvalue weighted by Crippen LogP contribution is 2.30. The quantitative estimate of drug-likeness (QED) is 0.402. The third kappa shape index (κ3) is 4.77. The maximum absolute atomic E-state index is 12.8. The molecular formula is C20H22N4O4S2. The van der Waals surface area contributed by atoms with E-state index < -0.39 is 14.9 Å². The van der Waals surface area contributed by atoms with Crippen molar-refractivity contribution in [2.45, 2.75) is 39.1 Å². The van der Waals surface area contributed by atoms with Crippen LogP contribution < -0.4 is 10.0 Å². The minimum absolute atomic E-state index is 0.180. The Morgan fingerprint density at radius 2 is 1.77 bits per heavy atom. The van der Waals surface area contributed by atoms with E-state index >= 15 is 0 Å². The second-order valence-corrected chi connectivity index (χ2v) is 9.93. The van der Waals surface area contributed by atoms with Crippen LogP contribution >= 0.6 is 11.3 Å². The van der Waals surface area contributed by atoms with E-state index in [-0.39, 0.29) is 16.3 Å². The molecule has 0 aliphatic rings. The SMILES string of the molecule is Cc1ccc(NS(=O)(=O)c2ccc(NCc3nc(C)c(C)s3)c([N+](=O)[O-])c2)c(C)c1. The number of hydrogen-bond acceptors (Lipinski definition) is 7. The largest absolute Gasteiger partial charge is 0.373 e. The fourth-order valence-corrected chi connectivity index (χ4v) is 4.92. The summed E-state index contributed by atoms with van der Waals surface area (Å²) >= 11 is 1.51. The van der Waals surface area contributed by atoms with Crippen molar-refractivity contribution in [2.75, 3.05) is 10.0 Å². The number of anilines is 2. The van der Waals surface area contributed by atoms with Gasteiger partial charge in [0.2, 0.25) is 0 Å². The summed E-state index contributed by atoms with van der Waals surface area (Å²) in [4.78, 5) is 16.3. The predicted molar refractivity (Wildman–Crippen MR) is 119 cm³/mol. The highest BCUT2D eigenvalue weighted by atomic mass is 32.2. The lowest BCUT2D eigenvalue weighted by Gasteiger charge is -2.12. The van der Waals surface area contributed by atoms with Crippen LogP contribution in [0.15, 0.2) is 41.3 Å². The van der Waals surface area contributed by atoms with Gasteiger partial charge in [-0.1, -0.05) is 17.7 Å². The molecule has 0 fully saturated rings. The van der Waals surface area contributed by atoms with E-state index in [1.54, 1.807) is 19.1 Å². The Kier molecular flexibility index (Phi) is 6.09. The highest BCUT2D eigenvalue weighted by molar-refractivity contribution is 7.92. The molecule has 0 saturated carbocycles. The van der Waals surface area contributed by atoms with E-state index in [9.17, 15) is 18.5 Å². The minimum atomic E-state index is -3.98. The number of aryl methyl sites for hydroxylation is 4. The van der Waals surface area contributed by atoms with Crippen molar-refractivity contribution in [2.24, 2.45) is 0 Å². The molecule has 0 bridgehead atoms. The summed E-state index contributed by atoms with van der Waals surface area (Å²) in [5, 5.41) is 15.3. The first-order valence-corrected chi connectivity index (χ1v) is 11.4. The molecule has 0 spiro atoms. The Balaban J connectivity index is 1.87. The minimum Gasteiger partial charge on any atom is -0.373 e. The lowest BCUT2D eigenvalue weighted by atomic mass is 10.1. The van der Waals surface area contributed by atoms with Crippen molar-refractivity contribution in [3.8, 4) is 0 Å². The monoisotopic (exact) mass is 446 g/mol. The van der Waals surface area contributed by atoms with Crippen molar-refractivity contribution >= 4 is 38.4 Å². The van der Waals surface area contributed by atoms with Crippen molar-refractivity contribution < 1.29 is 13.3 Å². The second-order valence-electron chi connectivity index (χ2n) is 6.96. The fraction of sp³-hybridized carbons (Fsp3) is 0.250. The van der Waals surface area contributed by atoms with Crippen molar-refractivity contribution in [1.82, 2.24) is 4.98 Å². The zero-order valence-corrected chi connectivity index (χ0v) is 18.6. The molecule has 30 heavy (non-hydrogen) atoms. The summed E-state index contributed by atoms with van der Waals surface area (Å²) < 4.78 is 28.1. The number of nitrogens with one attached hydrogen (secondary N) is 2. The van der Waals surface area contributed by atoms with E-state index in [2.05, 4.69) is 15.0 Å². The number of nitro groups is 1. The van der Waals surface area contributed by atoms with E-state index in [0.29, 0.717) is 12.2 Å². The van der Waals surface area contributed by atoms with Gasteiger partial charge >= 0.3 is 0 Å². The van der Waals surface area contributed by atoms with Crippen LogP contribution in [0.25, 0.3) is 0 Å². The second kappa shape index (κ2) is 8.41. The molecule has 0 aliphatic heterocycles. The number of hydrogen-bond donors (Lipinski definition) is 2. The number of benzene rings is 2. The molecule has 0 unspecified atom stereocenters. The van der Waals surface area contributed by atoms with Crippen molar-refractivity contribution in [3.63, 3.8) is 0 Å². The number of rotatable bonds is 7. The van der Waals surface area contributed by atoms with Crippen molar-refractivity contribution in [3.05, 3.63) is 73.2 Å². The highest BCUT2D eigenvalue weighted by Gasteiger charge is 2.22. The molecule has 0 amide bonds. The zero-order chi connectivity index (χ0) is 22.1. The standard InChI is InChI=1S/C20H22N4O4S2/c1-12-5-7-17(13(2)9-12)23-30(27,28)16-6-8-18(19(10-16)24(25)26)21-11-20-22-14(3)15(4)29-20/h5-10,21,23H,11H2,1-4H3. The number of aromatic nitrogens is 1. The van der Waals surface area contributed by atoms with Crippen molar-refractivity contribution in [1.29, 1.82) is 0 Å². The van der Waals surface area contributed by atoms with Gasteiger partial charge in [-0.2, -0.15) is 0 Å². The molecule has 0 atom stereocenters. The van der Waals surface area contributed by atoms with Gasteiger partial charge in [0.1, 0.15) is 10.7 Å². The van der Waals surface area contributed by atoms with Gasteiger partial charge in [0.15, 0.2) is 0 Å². The van der Waals surface area contributed by atoms with E-state index in [0.717, 1.165) is 32.8 Å². The van der Waals surface area contributed by atoms with Crippen LogP contribution in [-0.4, -0.2) is 18.3 Å². The van der Waals surface area contributed by atoms with Gasteiger partial charge in [-0.15, -0.1) is 11.3 Å². The van der Waals surface area contributed by atoms with Crippen LogP contribution in [-0.2, 0) is 16.6 Å². The predicted octanol–water partition coefficient (Wildman–Crippen LogP) is 4.70. The zero-order valence-electron chi connectivity index (χ0n) is 17.0. The summed E-state index contributed by atoms with van der Waals surface area (Å²) in [5.41, 5.74) is 3.04. The Morgan fingerprint density at radius 3 is 2.37 bits per heavy atom. The fourth-order valence-electron chi connectivity index (χ4n) is 2.90. The number of nitrogens with zero attached hydrogens (tertiary/aromatic N) is 2. The first-order chi connectivity index (χ1) is 14.1. The molecule has 8 nitrogen and oxygen atoms in total. The molecule has 1 aromatic heterocycles. The first-order valence-electron chi connectivity index (χ1n) is 9.12. The van der Waals surface area contributed by atoms with Gasteiger partial charge in [-0.3, -0.25) is 14.8 Å². The van der Waals surface area contributed by atoms with Crippen LogP contribution in [0.2, 0.25) is 0 Å². The van der Waals surface area contributed by atoms with Crippen LogP contribution in [0.4, 0.5) is 17.1 Å². The smallest absolute Gasteiger partial charge is 0.293 e. The Morgan fingerprint density at radius 1 is 1.07 bits per heavy atom. The molecule has 3 aromatic rings. The molecule has 0 aliphatic carbocycles. The molecular weight excluding hydrogens is 424 g/mol. The Labute approximate surface area is 179 Å². The summed E-state index contributed by atoms with van der Waals surface area (Å²) in [5.74, 6) is 0. The summed E-state index contributed by atoms with van der Waals surface area (Å²) in [7, 11) is -3.98. The molecule has 0 radical (unpaired) electrons. The molecule has 0 saturated heterocycles. The number of sulfonamides is 1. The molecule has 158 valence electrons. The van der Waals surface area contributed by atoms with Crippen LogP contribution in [0, 0.1) is 37.8 Å². The Bertz CT molecular complexity index is 1200. The molecule has 3 rings (SSSR count). The molecule has 10 heteroatoms. The van der Waals surface area contributed by atoms with E-state index in [1.807, 2.05) is 26.8 Å². The summed E-state index contributed by atoms with van der Waals surface area (Å²) in [6.45, 7) is 7.88. The maximum atomic E-state index is 12.8. The average molecular weight is 447 g/mol. The lowest BCUT2D eigenvalue weighted by Crippen LogP contribution is -2.14. The van der Waals surface area contributed by atoms with Gasteiger partial charge in [-0.25, -0.2) is 13.4 Å². The lowest BCUT2D eigenvalue weighted by molar-refractivity contribution is -0.384. The average Bonchev–Trinajstić information content (AvgIpc) is 2.99. The van der Waals surface area contributed by atoms with Crippen LogP contribution in [0.1, 0.15) is 26.7 Å². The third-order valence-electron chi connectivity index (χ3n) is 4.61. The van der Waals surface area contributed by atoms with E-state index in [4.69, 9.17) is 0 Å².